The van der Waals surface area contributed by atoms with Gasteiger partial charge in [-0.15, -0.1) is 5.10 Å². The van der Waals surface area contributed by atoms with Crippen LogP contribution in [-0.4, -0.2) is 27.0 Å². The molecule has 1 saturated carbocycles. The van der Waals surface area contributed by atoms with Gasteiger partial charge >= 0.3 is 0 Å². The maximum absolute atomic E-state index is 12.6. The second-order valence-electron chi connectivity index (χ2n) is 5.97. The Labute approximate surface area is 125 Å². The zero-order valence-electron chi connectivity index (χ0n) is 11.5. The maximum Gasteiger partial charge on any atom is 0.258 e. The van der Waals surface area contributed by atoms with Crippen LogP contribution in [-0.2, 0) is 9.59 Å². The van der Waals surface area contributed by atoms with Crippen LogP contribution in [0.15, 0.2) is 35.0 Å². The molecule has 2 aromatic heterocycles. The van der Waals surface area contributed by atoms with E-state index >= 15 is 0 Å². The summed E-state index contributed by atoms with van der Waals surface area (Å²) < 4.78 is 5.24. The van der Waals surface area contributed by atoms with Crippen LogP contribution >= 0.6 is 0 Å². The molecule has 110 valence electrons. The number of carbonyl (C=O) groups excluding carboxylic acids is 2. The molecule has 1 N–H and O–H groups in total. The molecule has 2 aliphatic carbocycles. The van der Waals surface area contributed by atoms with Crippen LogP contribution < -0.4 is 4.90 Å². The van der Waals surface area contributed by atoms with Crippen molar-refractivity contribution in [2.45, 2.75) is 6.42 Å². The molecule has 7 heteroatoms. The van der Waals surface area contributed by atoms with Crippen molar-refractivity contribution in [1.82, 2.24) is 15.2 Å². The first-order valence-corrected chi connectivity index (χ1v) is 7.26. The molecular formula is C15H12N4O3. The summed E-state index contributed by atoms with van der Waals surface area (Å²) in [6.45, 7) is 0. The molecule has 3 heterocycles. The summed E-state index contributed by atoms with van der Waals surface area (Å²) in [4.78, 5) is 30.6. The molecule has 1 aliphatic heterocycles. The largest absolute Gasteiger partial charge is 0.461 e. The van der Waals surface area contributed by atoms with Gasteiger partial charge in [0, 0.05) is 0 Å². The lowest BCUT2D eigenvalue weighted by Gasteiger charge is -2.14. The SMILES string of the molecule is O=C1[C@@H]2[C@@H](C(=O)N1c1n[nH]c(-c3ccco3)n1)[C@H]1C=C[C@@H]2C1. The third-order valence-corrected chi connectivity index (χ3v) is 4.90. The van der Waals surface area contributed by atoms with Gasteiger partial charge in [0.25, 0.3) is 5.95 Å². The first kappa shape index (κ1) is 11.9. The number of carbonyl (C=O) groups is 2. The minimum Gasteiger partial charge on any atom is -0.461 e. The number of H-pyrrole nitrogens is 1. The molecule has 22 heavy (non-hydrogen) atoms. The highest BCUT2D eigenvalue weighted by molar-refractivity contribution is 6.21. The number of aromatic amines is 1. The lowest BCUT2D eigenvalue weighted by atomic mass is 9.85. The van der Waals surface area contributed by atoms with Crippen LogP contribution in [0.1, 0.15) is 6.42 Å². The van der Waals surface area contributed by atoms with E-state index in [9.17, 15) is 9.59 Å². The van der Waals surface area contributed by atoms with Gasteiger partial charge in [0.05, 0.1) is 18.1 Å². The van der Waals surface area contributed by atoms with E-state index < -0.39 is 0 Å². The van der Waals surface area contributed by atoms with Gasteiger partial charge in [-0.3, -0.25) is 14.7 Å². The fourth-order valence-corrected chi connectivity index (χ4v) is 3.98. The Balaban J connectivity index is 1.52. The number of furan rings is 1. The smallest absolute Gasteiger partial charge is 0.258 e. The zero-order valence-corrected chi connectivity index (χ0v) is 11.5. The summed E-state index contributed by atoms with van der Waals surface area (Å²) >= 11 is 0. The van der Waals surface area contributed by atoms with Gasteiger partial charge in [0.1, 0.15) is 0 Å². The number of hydrogen-bond acceptors (Lipinski definition) is 5. The van der Waals surface area contributed by atoms with E-state index in [2.05, 4.69) is 27.3 Å². The first-order chi connectivity index (χ1) is 10.7. The van der Waals surface area contributed by atoms with E-state index in [1.54, 1.807) is 12.1 Å². The third-order valence-electron chi connectivity index (χ3n) is 4.90. The number of aromatic nitrogens is 3. The Bertz CT molecular complexity index is 777. The Kier molecular flexibility index (Phi) is 2.13. The number of allylic oxidation sites excluding steroid dienone is 2. The predicted octanol–water partition coefficient (Wildman–Crippen LogP) is 1.38. The van der Waals surface area contributed by atoms with Crippen molar-refractivity contribution in [2.75, 3.05) is 4.90 Å². The lowest BCUT2D eigenvalue weighted by molar-refractivity contribution is -0.123. The topological polar surface area (TPSA) is 92.1 Å². The molecule has 2 aromatic rings. The van der Waals surface area contributed by atoms with Crippen molar-refractivity contribution in [3.05, 3.63) is 30.5 Å². The molecule has 3 aliphatic rings. The standard InChI is InChI=1S/C15H12N4O3/c20-13-10-7-3-4-8(6-7)11(10)14(21)19(13)15-16-12(17-18-15)9-2-1-5-22-9/h1-5,7-8,10-11H,6H2,(H,16,17,18)/t7-,8+,10-,11-/m0/s1. The lowest BCUT2D eigenvalue weighted by Crippen LogP contribution is -2.33. The Morgan fingerprint density at radius 2 is 1.91 bits per heavy atom. The molecule has 7 nitrogen and oxygen atoms in total. The summed E-state index contributed by atoms with van der Waals surface area (Å²) in [7, 11) is 0. The molecule has 5 rings (SSSR count). The van der Waals surface area contributed by atoms with Crippen molar-refractivity contribution >= 4 is 17.8 Å². The fourth-order valence-electron chi connectivity index (χ4n) is 3.98. The quantitative estimate of drug-likeness (QED) is 0.667. The Morgan fingerprint density at radius 1 is 1.18 bits per heavy atom. The van der Waals surface area contributed by atoms with E-state index in [1.165, 1.54) is 6.26 Å². The number of nitrogens with zero attached hydrogens (tertiary/aromatic N) is 3. The van der Waals surface area contributed by atoms with Crippen LogP contribution in [0, 0.1) is 23.7 Å². The van der Waals surface area contributed by atoms with Gasteiger partial charge in [-0.25, -0.2) is 4.90 Å². The normalized spacial score (nSPS) is 32.3. The van der Waals surface area contributed by atoms with Crippen molar-refractivity contribution in [1.29, 1.82) is 0 Å². The second kappa shape index (κ2) is 3.94. The van der Waals surface area contributed by atoms with Gasteiger partial charge in [-0.05, 0) is 30.4 Å². The van der Waals surface area contributed by atoms with E-state index in [0.29, 0.717) is 11.6 Å². The summed E-state index contributed by atoms with van der Waals surface area (Å²) in [5.41, 5.74) is 0. The maximum atomic E-state index is 12.6. The van der Waals surface area contributed by atoms with Crippen LogP contribution in [0.5, 0.6) is 0 Å². The van der Waals surface area contributed by atoms with Crippen LogP contribution in [0.3, 0.4) is 0 Å². The summed E-state index contributed by atoms with van der Waals surface area (Å²) in [6, 6.07) is 3.47. The van der Waals surface area contributed by atoms with E-state index in [4.69, 9.17) is 4.42 Å². The van der Waals surface area contributed by atoms with Crippen molar-refractivity contribution < 1.29 is 14.0 Å². The average molecular weight is 296 g/mol. The molecule has 0 aromatic carbocycles. The number of imide groups is 1. The van der Waals surface area contributed by atoms with E-state index in [1.807, 2.05) is 0 Å². The van der Waals surface area contributed by atoms with Crippen LogP contribution in [0.4, 0.5) is 5.95 Å². The third kappa shape index (κ3) is 1.35. The van der Waals surface area contributed by atoms with Gasteiger partial charge in [-0.2, -0.15) is 4.98 Å². The molecule has 4 atom stereocenters. The number of hydrogen-bond donors (Lipinski definition) is 1. The predicted molar refractivity (Wildman–Crippen MR) is 74.3 cm³/mol. The molecule has 1 saturated heterocycles. The van der Waals surface area contributed by atoms with Gasteiger partial charge in [0.2, 0.25) is 11.8 Å². The number of amides is 2. The minimum absolute atomic E-state index is 0.107. The second-order valence-corrected chi connectivity index (χ2v) is 5.97. The molecule has 2 fully saturated rings. The molecule has 0 radical (unpaired) electrons. The number of anilines is 1. The monoisotopic (exact) mass is 296 g/mol. The highest BCUT2D eigenvalue weighted by Crippen LogP contribution is 2.52. The van der Waals surface area contributed by atoms with Crippen molar-refractivity contribution in [3.63, 3.8) is 0 Å². The number of nitrogens with one attached hydrogen (secondary N) is 1. The molecule has 2 amide bonds. The fraction of sp³-hybridized carbons (Fsp3) is 0.333. The molecule has 0 unspecified atom stereocenters. The van der Waals surface area contributed by atoms with Crippen LogP contribution in [0.2, 0.25) is 0 Å². The van der Waals surface area contributed by atoms with E-state index in [0.717, 1.165) is 11.3 Å². The first-order valence-electron chi connectivity index (χ1n) is 7.26. The number of rotatable bonds is 2. The number of fused-ring (bicyclic) bond motifs is 5. The highest BCUT2D eigenvalue weighted by atomic mass is 16.3. The average Bonchev–Trinajstić information content (AvgIpc) is 3.28. The summed E-state index contributed by atoms with van der Waals surface area (Å²) in [5, 5.41) is 6.73. The molecular weight excluding hydrogens is 284 g/mol. The van der Waals surface area contributed by atoms with Gasteiger partial charge in [-0.1, -0.05) is 12.2 Å². The Hall–Kier alpha value is -2.70. The molecule has 2 bridgehead atoms. The molecule has 0 spiro atoms. The van der Waals surface area contributed by atoms with Gasteiger partial charge in [0.15, 0.2) is 11.6 Å². The van der Waals surface area contributed by atoms with Crippen LogP contribution in [0.25, 0.3) is 11.6 Å². The van der Waals surface area contributed by atoms with Gasteiger partial charge < -0.3 is 4.42 Å². The minimum atomic E-state index is -0.243. The van der Waals surface area contributed by atoms with Crippen molar-refractivity contribution in [2.24, 2.45) is 23.7 Å². The van der Waals surface area contributed by atoms with Crippen molar-refractivity contribution in [3.8, 4) is 11.6 Å². The summed E-state index contributed by atoms with van der Waals surface area (Å²) in [5.74, 6) is 0.531. The Morgan fingerprint density at radius 3 is 2.55 bits per heavy atom. The summed E-state index contributed by atoms with van der Waals surface area (Å²) in [6.07, 6.45) is 6.56. The zero-order chi connectivity index (χ0) is 14.8. The van der Waals surface area contributed by atoms with E-state index in [-0.39, 0.29) is 41.4 Å². The highest BCUT2D eigenvalue weighted by Gasteiger charge is 2.60.